The number of amides is 1. The predicted octanol–water partition coefficient (Wildman–Crippen LogP) is 7.04. The van der Waals surface area contributed by atoms with Gasteiger partial charge < -0.3 is 14.8 Å². The summed E-state index contributed by atoms with van der Waals surface area (Å²) in [5.41, 5.74) is 6.59. The lowest BCUT2D eigenvalue weighted by Gasteiger charge is -2.16. The maximum atomic E-state index is 13.1. The highest BCUT2D eigenvalue weighted by atomic mass is 32.2. The molecule has 1 amide bonds. The van der Waals surface area contributed by atoms with E-state index in [0.717, 1.165) is 45.0 Å². The Morgan fingerprint density at radius 3 is 2.05 bits per heavy atom. The largest absolute Gasteiger partial charge is 0.497 e. The molecule has 0 saturated heterocycles. The van der Waals surface area contributed by atoms with Gasteiger partial charge >= 0.3 is 0 Å². The van der Waals surface area contributed by atoms with Gasteiger partial charge in [0.05, 0.1) is 30.7 Å². The fourth-order valence-corrected chi connectivity index (χ4v) is 4.83. The van der Waals surface area contributed by atoms with Crippen LogP contribution in [0.5, 0.6) is 11.5 Å². The van der Waals surface area contributed by atoms with E-state index in [0.29, 0.717) is 16.3 Å². The summed E-state index contributed by atoms with van der Waals surface area (Å²) in [5.74, 6) is 1.30. The molecule has 6 nitrogen and oxygen atoms in total. The summed E-state index contributed by atoms with van der Waals surface area (Å²) in [5, 5.41) is 13.2. The molecule has 1 heterocycles. The van der Waals surface area contributed by atoms with Crippen LogP contribution in [0.3, 0.4) is 0 Å². The summed E-state index contributed by atoms with van der Waals surface area (Å²) in [6.07, 6.45) is 0. The molecule has 1 aromatic heterocycles. The Balaban J connectivity index is 1.73. The highest BCUT2D eigenvalue weighted by Gasteiger charge is 2.22. The Kier molecular flexibility index (Phi) is 8.35. The summed E-state index contributed by atoms with van der Waals surface area (Å²) in [6, 6.07) is 25.2. The number of ether oxygens (including phenoxy) is 2. The van der Waals surface area contributed by atoms with Crippen molar-refractivity contribution < 1.29 is 14.3 Å². The van der Waals surface area contributed by atoms with Crippen molar-refractivity contribution in [3.05, 3.63) is 89.5 Å². The number of rotatable bonds is 8. The molecule has 0 aliphatic carbocycles. The van der Waals surface area contributed by atoms with Crippen LogP contribution in [-0.4, -0.2) is 30.4 Å². The van der Waals surface area contributed by atoms with Crippen LogP contribution in [0.1, 0.15) is 23.6 Å². The molecule has 192 valence electrons. The standard InChI is InChI=1S/C31H29N3O3S/c1-19-6-11-24(16-20(19)2)33-30(35)21(3)38-31-28(18-32)27(22-7-12-25(36-4)13-8-22)17-29(34-31)23-9-14-26(37-5)15-10-23/h6-17,21H,1-5H3,(H,33,35)/t21-/m0/s1. The summed E-state index contributed by atoms with van der Waals surface area (Å²) >= 11 is 1.27. The molecule has 0 aliphatic heterocycles. The molecule has 4 aromatic rings. The lowest BCUT2D eigenvalue weighted by Crippen LogP contribution is -2.22. The highest BCUT2D eigenvalue weighted by molar-refractivity contribution is 8.00. The van der Waals surface area contributed by atoms with Crippen molar-refractivity contribution in [2.75, 3.05) is 19.5 Å². The second kappa shape index (κ2) is 11.8. The van der Waals surface area contributed by atoms with Crippen LogP contribution in [0, 0.1) is 25.2 Å². The second-order valence-corrected chi connectivity index (χ2v) is 10.2. The second-order valence-electron chi connectivity index (χ2n) is 8.85. The maximum absolute atomic E-state index is 13.1. The number of anilines is 1. The molecule has 4 rings (SSSR count). The van der Waals surface area contributed by atoms with Crippen LogP contribution in [-0.2, 0) is 4.79 Å². The zero-order valence-electron chi connectivity index (χ0n) is 22.0. The highest BCUT2D eigenvalue weighted by Crippen LogP contribution is 2.36. The molecule has 0 saturated carbocycles. The van der Waals surface area contributed by atoms with E-state index in [-0.39, 0.29) is 5.91 Å². The lowest BCUT2D eigenvalue weighted by molar-refractivity contribution is -0.115. The maximum Gasteiger partial charge on any atom is 0.237 e. The van der Waals surface area contributed by atoms with E-state index in [4.69, 9.17) is 14.5 Å². The van der Waals surface area contributed by atoms with Gasteiger partial charge in [-0.15, -0.1) is 0 Å². The Morgan fingerprint density at radius 1 is 0.895 bits per heavy atom. The minimum Gasteiger partial charge on any atom is -0.497 e. The van der Waals surface area contributed by atoms with E-state index in [2.05, 4.69) is 11.4 Å². The summed E-state index contributed by atoms with van der Waals surface area (Å²) in [7, 11) is 3.24. The first kappa shape index (κ1) is 26.8. The molecular formula is C31H29N3O3S. The smallest absolute Gasteiger partial charge is 0.237 e. The number of aromatic nitrogens is 1. The Bertz CT molecular complexity index is 1490. The van der Waals surface area contributed by atoms with Crippen LogP contribution in [0.2, 0.25) is 0 Å². The third kappa shape index (κ3) is 5.99. The molecule has 0 fully saturated rings. The average molecular weight is 524 g/mol. The van der Waals surface area contributed by atoms with Gasteiger partial charge in [0.1, 0.15) is 22.6 Å². The summed E-state index contributed by atoms with van der Waals surface area (Å²) in [6.45, 7) is 5.86. The minimum absolute atomic E-state index is 0.162. The number of hydrogen-bond donors (Lipinski definition) is 1. The number of nitrogens with zero attached hydrogens (tertiary/aromatic N) is 2. The van der Waals surface area contributed by atoms with E-state index in [1.165, 1.54) is 11.8 Å². The number of nitrogens with one attached hydrogen (secondary N) is 1. The molecule has 0 spiro atoms. The Labute approximate surface area is 227 Å². The van der Waals surface area contributed by atoms with Crippen molar-refractivity contribution in [3.63, 3.8) is 0 Å². The van der Waals surface area contributed by atoms with Gasteiger partial charge in [0.2, 0.25) is 5.91 Å². The fourth-order valence-electron chi connectivity index (χ4n) is 3.91. The molecule has 38 heavy (non-hydrogen) atoms. The lowest BCUT2D eigenvalue weighted by atomic mass is 9.99. The monoisotopic (exact) mass is 523 g/mol. The topological polar surface area (TPSA) is 84.2 Å². The average Bonchev–Trinajstić information content (AvgIpc) is 2.94. The number of nitriles is 1. The van der Waals surface area contributed by atoms with E-state index in [9.17, 15) is 10.1 Å². The molecule has 3 aromatic carbocycles. The molecule has 1 atom stereocenters. The van der Waals surface area contributed by atoms with Gasteiger partial charge in [-0.25, -0.2) is 4.98 Å². The molecule has 0 aliphatic rings. The quantitative estimate of drug-likeness (QED) is 0.249. The number of carbonyl (C=O) groups is 1. The molecular weight excluding hydrogens is 494 g/mol. The summed E-state index contributed by atoms with van der Waals surface area (Å²) < 4.78 is 10.6. The van der Waals surface area contributed by atoms with Crippen molar-refractivity contribution in [3.8, 4) is 40.0 Å². The molecule has 1 N–H and O–H groups in total. The number of methoxy groups -OCH3 is 2. The third-order valence-corrected chi connectivity index (χ3v) is 7.40. The first-order valence-electron chi connectivity index (χ1n) is 12.1. The Hall–Kier alpha value is -4.28. The van der Waals surface area contributed by atoms with Crippen molar-refractivity contribution in [1.29, 1.82) is 5.26 Å². The van der Waals surface area contributed by atoms with Crippen LogP contribution in [0.25, 0.3) is 22.4 Å². The number of carbonyl (C=O) groups excluding carboxylic acids is 1. The summed E-state index contributed by atoms with van der Waals surface area (Å²) in [4.78, 5) is 17.9. The zero-order chi connectivity index (χ0) is 27.2. The van der Waals surface area contributed by atoms with E-state index >= 15 is 0 Å². The van der Waals surface area contributed by atoms with Gasteiger partial charge in [0, 0.05) is 16.8 Å². The molecule has 0 unspecified atom stereocenters. The third-order valence-electron chi connectivity index (χ3n) is 6.32. The van der Waals surface area contributed by atoms with Gasteiger partial charge in [-0.3, -0.25) is 4.79 Å². The van der Waals surface area contributed by atoms with Gasteiger partial charge in [-0.1, -0.05) is 30.0 Å². The van der Waals surface area contributed by atoms with Gasteiger partial charge in [-0.2, -0.15) is 5.26 Å². The van der Waals surface area contributed by atoms with Gasteiger partial charge in [0.15, 0.2) is 0 Å². The van der Waals surface area contributed by atoms with Crippen molar-refractivity contribution >= 4 is 23.4 Å². The first-order chi connectivity index (χ1) is 18.3. The van der Waals surface area contributed by atoms with Crippen LogP contribution >= 0.6 is 11.8 Å². The van der Waals surface area contributed by atoms with Gasteiger partial charge in [-0.05, 0) is 92.1 Å². The van der Waals surface area contributed by atoms with E-state index in [1.807, 2.05) is 93.6 Å². The van der Waals surface area contributed by atoms with Crippen LogP contribution in [0.15, 0.2) is 77.8 Å². The first-order valence-corrected chi connectivity index (χ1v) is 13.0. The Morgan fingerprint density at radius 2 is 1.50 bits per heavy atom. The minimum atomic E-state index is -0.494. The number of thioether (sulfide) groups is 1. The number of pyridine rings is 1. The van der Waals surface area contributed by atoms with E-state index in [1.54, 1.807) is 14.2 Å². The molecule has 0 radical (unpaired) electrons. The van der Waals surface area contributed by atoms with Crippen molar-refractivity contribution in [1.82, 2.24) is 4.98 Å². The normalized spacial score (nSPS) is 11.4. The number of hydrogen-bond acceptors (Lipinski definition) is 6. The zero-order valence-corrected chi connectivity index (χ0v) is 22.8. The van der Waals surface area contributed by atoms with Crippen molar-refractivity contribution in [2.45, 2.75) is 31.0 Å². The fraction of sp³-hybridized carbons (Fsp3) is 0.194. The van der Waals surface area contributed by atoms with Gasteiger partial charge in [0.25, 0.3) is 0 Å². The number of aryl methyl sites for hydroxylation is 2. The van der Waals surface area contributed by atoms with Crippen LogP contribution < -0.4 is 14.8 Å². The molecule has 7 heteroatoms. The van der Waals surface area contributed by atoms with E-state index < -0.39 is 5.25 Å². The molecule has 0 bridgehead atoms. The van der Waals surface area contributed by atoms with Crippen molar-refractivity contribution in [2.24, 2.45) is 0 Å². The SMILES string of the molecule is COc1ccc(-c2cc(-c3ccc(OC)cc3)c(C#N)c(S[C@@H](C)C(=O)Nc3ccc(C)c(C)c3)n2)cc1. The number of benzene rings is 3. The van der Waals surface area contributed by atoms with Crippen LogP contribution in [0.4, 0.5) is 5.69 Å². The predicted molar refractivity (Wildman–Crippen MR) is 153 cm³/mol.